The molecule has 156 valence electrons. The first-order valence-corrected chi connectivity index (χ1v) is 10.8. The highest BCUT2D eigenvalue weighted by Crippen LogP contribution is 2.41. The number of nitrogens with one attached hydrogen (secondary N) is 1. The molecule has 5 nitrogen and oxygen atoms in total. The smallest absolute Gasteiger partial charge is 0.218 e. The third-order valence-electron chi connectivity index (χ3n) is 5.57. The Morgan fingerprint density at radius 2 is 1.86 bits per heavy atom. The molecule has 0 bridgehead atoms. The van der Waals surface area contributed by atoms with Gasteiger partial charge in [0.2, 0.25) is 5.06 Å². The zero-order chi connectivity index (χ0) is 21.9. The van der Waals surface area contributed by atoms with Crippen LogP contribution in [-0.2, 0) is 5.41 Å². The van der Waals surface area contributed by atoms with Gasteiger partial charge in [-0.3, -0.25) is 0 Å². The van der Waals surface area contributed by atoms with Gasteiger partial charge >= 0.3 is 0 Å². The Hall–Kier alpha value is -2.39. The third-order valence-corrected chi connectivity index (χ3v) is 6.29. The summed E-state index contributed by atoms with van der Waals surface area (Å²) in [4.78, 5) is 4.76. The zero-order valence-electron chi connectivity index (χ0n) is 19.0. The highest BCUT2D eigenvalue weighted by Gasteiger charge is 2.32. The van der Waals surface area contributed by atoms with Crippen LogP contribution in [0, 0.1) is 37.0 Å². The molecule has 2 rings (SSSR count). The molecule has 0 spiro atoms. The molecule has 0 amide bonds. The summed E-state index contributed by atoms with van der Waals surface area (Å²) in [6.07, 6.45) is 0. The summed E-state index contributed by atoms with van der Waals surface area (Å²) in [6, 6.07) is 6.32. The number of nitriles is 1. The van der Waals surface area contributed by atoms with Crippen molar-refractivity contribution in [3.8, 4) is 16.9 Å². The average Bonchev–Trinajstić information content (AvgIpc) is 3.06. The maximum Gasteiger partial charge on any atom is 0.218 e. The Balaban J connectivity index is 2.43. The molecule has 0 aliphatic rings. The first-order chi connectivity index (χ1) is 13.5. The van der Waals surface area contributed by atoms with Crippen LogP contribution in [0.1, 0.15) is 63.9 Å². The van der Waals surface area contributed by atoms with Crippen LogP contribution < -0.4 is 10.1 Å². The molecule has 0 atom stereocenters. The Labute approximate surface area is 179 Å². The van der Waals surface area contributed by atoms with Crippen molar-refractivity contribution in [1.29, 1.82) is 5.26 Å². The van der Waals surface area contributed by atoms with E-state index in [1.165, 1.54) is 11.5 Å². The van der Waals surface area contributed by atoms with Crippen molar-refractivity contribution < 1.29 is 4.74 Å². The minimum atomic E-state index is -0.201. The van der Waals surface area contributed by atoms with Gasteiger partial charge in [-0.1, -0.05) is 41.5 Å². The molecule has 0 aliphatic carbocycles. The number of rotatable bonds is 6. The minimum absolute atomic E-state index is 0.201. The van der Waals surface area contributed by atoms with E-state index in [0.29, 0.717) is 22.5 Å². The minimum Gasteiger partial charge on any atom is -0.443 e. The van der Waals surface area contributed by atoms with Gasteiger partial charge in [0.1, 0.15) is 23.2 Å². The van der Waals surface area contributed by atoms with Crippen molar-refractivity contribution in [3.05, 3.63) is 34.5 Å². The molecule has 1 aromatic heterocycles. The number of hydrogen-bond acceptors (Lipinski definition) is 5. The maximum absolute atomic E-state index is 9.77. The van der Waals surface area contributed by atoms with Crippen LogP contribution in [0.25, 0.3) is 0 Å². The SMILES string of the molecule is CNC(=Nc1cc(C)c(Oc2snc(C(C)(C)C(C)C)c2C#N)cc1C)C(C)C. The van der Waals surface area contributed by atoms with E-state index in [0.717, 1.165) is 34.1 Å². The largest absolute Gasteiger partial charge is 0.443 e. The second-order valence-corrected chi connectivity index (χ2v) is 9.33. The first-order valence-electron chi connectivity index (χ1n) is 9.98. The highest BCUT2D eigenvalue weighted by atomic mass is 32.1. The predicted molar refractivity (Wildman–Crippen MR) is 122 cm³/mol. The Morgan fingerprint density at radius 3 is 2.38 bits per heavy atom. The first kappa shape index (κ1) is 22.9. The van der Waals surface area contributed by atoms with Gasteiger partial charge in [-0.15, -0.1) is 0 Å². The van der Waals surface area contributed by atoms with E-state index in [2.05, 4.69) is 57.3 Å². The zero-order valence-corrected chi connectivity index (χ0v) is 19.8. The summed E-state index contributed by atoms with van der Waals surface area (Å²) >= 11 is 1.24. The molecule has 0 fully saturated rings. The fourth-order valence-electron chi connectivity index (χ4n) is 2.86. The van der Waals surface area contributed by atoms with Crippen LogP contribution in [0.5, 0.6) is 10.8 Å². The summed E-state index contributed by atoms with van der Waals surface area (Å²) in [5, 5.41) is 13.5. The van der Waals surface area contributed by atoms with Gasteiger partial charge in [-0.05, 0) is 43.0 Å². The highest BCUT2D eigenvalue weighted by molar-refractivity contribution is 7.08. The molecule has 1 aromatic carbocycles. The lowest BCUT2D eigenvalue weighted by Gasteiger charge is -2.27. The molecule has 1 N–H and O–H groups in total. The number of ether oxygens (including phenoxy) is 1. The van der Waals surface area contributed by atoms with Gasteiger partial charge < -0.3 is 10.1 Å². The number of hydrogen-bond donors (Lipinski definition) is 1. The van der Waals surface area contributed by atoms with Crippen LogP contribution in [-0.4, -0.2) is 17.3 Å². The third kappa shape index (κ3) is 4.79. The summed E-state index contributed by atoms with van der Waals surface area (Å²) in [6.45, 7) is 16.8. The topological polar surface area (TPSA) is 70.3 Å². The van der Waals surface area contributed by atoms with Gasteiger partial charge in [0.05, 0.1) is 11.4 Å². The van der Waals surface area contributed by atoms with E-state index >= 15 is 0 Å². The van der Waals surface area contributed by atoms with Crippen LogP contribution in [0.15, 0.2) is 17.1 Å². The molecular weight excluding hydrogens is 380 g/mol. The Kier molecular flexibility index (Phi) is 7.07. The van der Waals surface area contributed by atoms with Crippen molar-refractivity contribution in [2.75, 3.05) is 7.05 Å². The molecule has 2 aromatic rings. The Morgan fingerprint density at radius 1 is 1.21 bits per heavy atom. The van der Waals surface area contributed by atoms with Gasteiger partial charge in [0.25, 0.3) is 0 Å². The Bertz CT molecular complexity index is 949. The van der Waals surface area contributed by atoms with E-state index in [1.807, 2.05) is 33.0 Å². The molecule has 0 saturated carbocycles. The normalized spacial score (nSPS) is 12.4. The average molecular weight is 413 g/mol. The number of aliphatic imine (C=N–C) groups is 1. The van der Waals surface area contributed by atoms with Gasteiger partial charge in [0.15, 0.2) is 0 Å². The predicted octanol–water partition coefficient (Wildman–Crippen LogP) is 6.26. The fraction of sp³-hybridized carbons (Fsp3) is 0.522. The number of benzene rings is 1. The van der Waals surface area contributed by atoms with Crippen LogP contribution in [0.4, 0.5) is 5.69 Å². The van der Waals surface area contributed by atoms with Crippen LogP contribution in [0.2, 0.25) is 0 Å². The quantitative estimate of drug-likeness (QED) is 0.449. The lowest BCUT2D eigenvalue weighted by atomic mass is 9.77. The summed E-state index contributed by atoms with van der Waals surface area (Å²) in [5.74, 6) is 2.34. The van der Waals surface area contributed by atoms with Crippen LogP contribution >= 0.6 is 11.5 Å². The summed E-state index contributed by atoms with van der Waals surface area (Å²) < 4.78 is 10.8. The number of aryl methyl sites for hydroxylation is 2. The number of nitrogens with zero attached hydrogens (tertiary/aromatic N) is 3. The van der Waals surface area contributed by atoms with Crippen molar-refractivity contribution in [1.82, 2.24) is 9.69 Å². The molecule has 0 radical (unpaired) electrons. The molecule has 29 heavy (non-hydrogen) atoms. The lowest BCUT2D eigenvalue weighted by Crippen LogP contribution is -2.25. The molecule has 0 unspecified atom stereocenters. The van der Waals surface area contributed by atoms with Crippen molar-refractivity contribution in [3.63, 3.8) is 0 Å². The van der Waals surface area contributed by atoms with E-state index in [4.69, 9.17) is 9.73 Å². The van der Waals surface area contributed by atoms with E-state index in [1.54, 1.807) is 0 Å². The summed E-state index contributed by atoms with van der Waals surface area (Å²) in [5.41, 5.74) is 4.04. The van der Waals surface area contributed by atoms with Crippen molar-refractivity contribution in [2.45, 2.75) is 60.8 Å². The number of aromatic nitrogens is 1. The molecule has 0 aliphatic heterocycles. The second kappa shape index (κ2) is 8.96. The van der Waals surface area contributed by atoms with Gasteiger partial charge in [0, 0.05) is 29.9 Å². The van der Waals surface area contributed by atoms with Crippen molar-refractivity contribution in [2.24, 2.45) is 16.8 Å². The molecular formula is C23H32N4OS. The second-order valence-electron chi connectivity index (χ2n) is 8.59. The maximum atomic E-state index is 9.77. The van der Waals surface area contributed by atoms with Crippen LogP contribution in [0.3, 0.4) is 0 Å². The number of amidine groups is 1. The molecule has 6 heteroatoms. The van der Waals surface area contributed by atoms with E-state index < -0.39 is 0 Å². The monoisotopic (exact) mass is 412 g/mol. The lowest BCUT2D eigenvalue weighted by molar-refractivity contribution is 0.363. The molecule has 1 heterocycles. The van der Waals surface area contributed by atoms with Crippen molar-refractivity contribution >= 4 is 23.1 Å². The van der Waals surface area contributed by atoms with E-state index in [9.17, 15) is 5.26 Å². The van der Waals surface area contributed by atoms with Gasteiger partial charge in [-0.2, -0.15) is 9.64 Å². The summed E-state index contributed by atoms with van der Waals surface area (Å²) in [7, 11) is 1.89. The fourth-order valence-corrected chi connectivity index (χ4v) is 3.73. The van der Waals surface area contributed by atoms with Gasteiger partial charge in [-0.25, -0.2) is 4.99 Å². The standard InChI is InChI=1S/C23H32N4OS/c1-13(2)21(25-9)26-18-10-16(6)19(11-15(18)5)28-22-17(12-24)20(27-29-22)23(7,8)14(3)4/h10-11,13-14H,1-9H3,(H,25,26). The van der Waals surface area contributed by atoms with E-state index in [-0.39, 0.29) is 5.41 Å². The molecule has 0 saturated heterocycles.